The van der Waals surface area contributed by atoms with Crippen LogP contribution in [0.1, 0.15) is 23.0 Å². The van der Waals surface area contributed by atoms with Crippen LogP contribution < -0.4 is 14.9 Å². The first-order chi connectivity index (χ1) is 13.5. The third-order valence-corrected chi connectivity index (χ3v) is 4.12. The van der Waals surface area contributed by atoms with E-state index in [4.69, 9.17) is 9.47 Å². The number of methoxy groups -OCH3 is 2. The summed E-state index contributed by atoms with van der Waals surface area (Å²) in [6, 6.07) is 13.5. The minimum Gasteiger partial charge on any atom is -0.508 e. The summed E-state index contributed by atoms with van der Waals surface area (Å²) in [4.78, 5) is 12.4. The first-order valence-corrected chi connectivity index (χ1v) is 8.43. The van der Waals surface area contributed by atoms with Crippen molar-refractivity contribution in [2.75, 3.05) is 14.2 Å². The van der Waals surface area contributed by atoms with E-state index in [-0.39, 0.29) is 11.4 Å². The van der Waals surface area contributed by atoms with Gasteiger partial charge in [-0.2, -0.15) is 10.2 Å². The average Bonchev–Trinajstić information content (AvgIpc) is 3.22. The molecule has 1 aromatic heterocycles. The quantitative estimate of drug-likeness (QED) is 0.450. The number of H-pyrrole nitrogens is 1. The molecule has 1 heterocycles. The summed E-state index contributed by atoms with van der Waals surface area (Å²) in [5, 5.41) is 20.3. The van der Waals surface area contributed by atoms with Crippen molar-refractivity contribution >= 4 is 11.6 Å². The number of rotatable bonds is 6. The molecule has 8 nitrogen and oxygen atoms in total. The van der Waals surface area contributed by atoms with Gasteiger partial charge in [-0.1, -0.05) is 0 Å². The van der Waals surface area contributed by atoms with Crippen LogP contribution >= 0.6 is 0 Å². The van der Waals surface area contributed by atoms with Crippen molar-refractivity contribution in [2.24, 2.45) is 5.10 Å². The lowest BCUT2D eigenvalue weighted by atomic mass is 10.1. The average molecular weight is 380 g/mol. The molecule has 1 amide bonds. The van der Waals surface area contributed by atoms with Crippen LogP contribution in [-0.4, -0.2) is 41.1 Å². The summed E-state index contributed by atoms with van der Waals surface area (Å²) < 4.78 is 10.6. The molecule has 0 spiro atoms. The van der Waals surface area contributed by atoms with Crippen LogP contribution in [-0.2, 0) is 0 Å². The molecular formula is C20H20N4O4. The molecule has 0 saturated carbocycles. The van der Waals surface area contributed by atoms with E-state index in [2.05, 4.69) is 20.7 Å². The molecule has 8 heteroatoms. The van der Waals surface area contributed by atoms with E-state index in [0.717, 1.165) is 5.56 Å². The maximum absolute atomic E-state index is 12.4. The summed E-state index contributed by atoms with van der Waals surface area (Å²) >= 11 is 0. The molecule has 0 atom stereocenters. The molecule has 2 aromatic carbocycles. The van der Waals surface area contributed by atoms with Gasteiger partial charge in [0, 0.05) is 5.56 Å². The molecule has 28 heavy (non-hydrogen) atoms. The van der Waals surface area contributed by atoms with Crippen molar-refractivity contribution in [3.63, 3.8) is 0 Å². The molecule has 0 aliphatic rings. The van der Waals surface area contributed by atoms with Crippen LogP contribution in [0, 0.1) is 0 Å². The third kappa shape index (κ3) is 4.12. The van der Waals surface area contributed by atoms with Gasteiger partial charge in [-0.15, -0.1) is 0 Å². The van der Waals surface area contributed by atoms with Crippen LogP contribution in [0.5, 0.6) is 17.2 Å². The lowest BCUT2D eigenvalue weighted by Gasteiger charge is -2.08. The number of phenols is 1. The second kappa shape index (κ2) is 8.26. The van der Waals surface area contributed by atoms with Crippen molar-refractivity contribution < 1.29 is 19.4 Å². The number of carbonyl (C=O) groups excluding carboxylic acids is 1. The van der Waals surface area contributed by atoms with Gasteiger partial charge in [0.15, 0.2) is 0 Å². The van der Waals surface area contributed by atoms with E-state index >= 15 is 0 Å². The zero-order valence-corrected chi connectivity index (χ0v) is 15.7. The number of amides is 1. The number of hydrogen-bond acceptors (Lipinski definition) is 6. The number of hydrazone groups is 1. The van der Waals surface area contributed by atoms with Crippen LogP contribution in [0.3, 0.4) is 0 Å². The van der Waals surface area contributed by atoms with Crippen molar-refractivity contribution in [2.45, 2.75) is 6.92 Å². The van der Waals surface area contributed by atoms with E-state index in [1.54, 1.807) is 69.7 Å². The van der Waals surface area contributed by atoms with Gasteiger partial charge in [0.05, 0.1) is 25.6 Å². The zero-order chi connectivity index (χ0) is 20.1. The van der Waals surface area contributed by atoms with Crippen LogP contribution in [0.4, 0.5) is 0 Å². The van der Waals surface area contributed by atoms with Gasteiger partial charge in [-0.3, -0.25) is 9.89 Å². The van der Waals surface area contributed by atoms with Gasteiger partial charge in [0.25, 0.3) is 5.91 Å². The number of phenolic OH excluding ortho intramolecular Hbond substituents is 1. The van der Waals surface area contributed by atoms with Crippen LogP contribution in [0.2, 0.25) is 0 Å². The number of aromatic amines is 1. The molecule has 0 bridgehead atoms. The topological polar surface area (TPSA) is 109 Å². The highest BCUT2D eigenvalue weighted by molar-refractivity contribution is 6.00. The predicted octanol–water partition coefficient (Wildman–Crippen LogP) is 2.95. The molecule has 0 unspecified atom stereocenters. The number of hydrogen-bond donors (Lipinski definition) is 3. The number of ether oxygens (including phenoxy) is 2. The first-order valence-electron chi connectivity index (χ1n) is 8.43. The standard InChI is InChI=1S/C20H20N4O4/c1-12(13-4-6-14(25)7-5-13)21-24-20(26)18-11-17(22-23-18)16-10-15(27-2)8-9-19(16)28-3/h4-11,25H,1-3H3,(H,22,23)(H,24,26). The Hall–Kier alpha value is -3.81. The molecule has 144 valence electrons. The highest BCUT2D eigenvalue weighted by atomic mass is 16.5. The summed E-state index contributed by atoms with van der Waals surface area (Å²) in [5.41, 5.74) is 5.36. The smallest absolute Gasteiger partial charge is 0.289 e. The molecule has 3 N–H and O–H groups in total. The van der Waals surface area contributed by atoms with E-state index in [1.807, 2.05) is 0 Å². The number of nitrogens with one attached hydrogen (secondary N) is 2. The van der Waals surface area contributed by atoms with E-state index < -0.39 is 5.91 Å². The SMILES string of the molecule is COc1ccc(OC)c(-c2cc(C(=O)NN=C(C)c3ccc(O)cc3)[nH]n2)c1. The number of aromatic hydroxyl groups is 1. The Bertz CT molecular complexity index is 1010. The Labute approximate surface area is 161 Å². The summed E-state index contributed by atoms with van der Waals surface area (Å²) in [6.07, 6.45) is 0. The maximum Gasteiger partial charge on any atom is 0.289 e. The van der Waals surface area contributed by atoms with Crippen LogP contribution in [0.15, 0.2) is 53.6 Å². The summed E-state index contributed by atoms with van der Waals surface area (Å²) in [6.45, 7) is 1.76. The second-order valence-corrected chi connectivity index (χ2v) is 5.92. The second-order valence-electron chi connectivity index (χ2n) is 5.92. The zero-order valence-electron chi connectivity index (χ0n) is 15.7. The normalized spacial score (nSPS) is 11.2. The molecule has 0 aliphatic carbocycles. The molecule has 0 aliphatic heterocycles. The van der Waals surface area contributed by atoms with Gasteiger partial charge in [-0.05, 0) is 61.0 Å². The van der Waals surface area contributed by atoms with Gasteiger partial charge >= 0.3 is 0 Å². The largest absolute Gasteiger partial charge is 0.508 e. The molecular weight excluding hydrogens is 360 g/mol. The van der Waals surface area contributed by atoms with Crippen molar-refractivity contribution in [1.82, 2.24) is 15.6 Å². The summed E-state index contributed by atoms with van der Waals surface area (Å²) in [5.74, 6) is 0.997. The number of aromatic nitrogens is 2. The highest BCUT2D eigenvalue weighted by Crippen LogP contribution is 2.32. The van der Waals surface area contributed by atoms with Gasteiger partial charge in [0.1, 0.15) is 22.9 Å². The third-order valence-electron chi connectivity index (χ3n) is 4.12. The molecule has 3 rings (SSSR count). The Morgan fingerprint density at radius 2 is 1.86 bits per heavy atom. The first kappa shape index (κ1) is 19.0. The van der Waals surface area contributed by atoms with Gasteiger partial charge < -0.3 is 14.6 Å². The van der Waals surface area contributed by atoms with E-state index in [1.165, 1.54) is 0 Å². The van der Waals surface area contributed by atoms with Gasteiger partial charge in [0.2, 0.25) is 0 Å². The minimum absolute atomic E-state index is 0.165. The van der Waals surface area contributed by atoms with E-state index in [9.17, 15) is 9.90 Å². The Morgan fingerprint density at radius 3 is 2.54 bits per heavy atom. The number of nitrogens with zero attached hydrogens (tertiary/aromatic N) is 2. The molecule has 3 aromatic rings. The van der Waals surface area contributed by atoms with Crippen molar-refractivity contribution in [3.8, 4) is 28.5 Å². The predicted molar refractivity (Wildman–Crippen MR) is 105 cm³/mol. The monoisotopic (exact) mass is 380 g/mol. The fraction of sp³-hybridized carbons (Fsp3) is 0.150. The number of benzene rings is 2. The lowest BCUT2D eigenvalue weighted by Crippen LogP contribution is -2.19. The van der Waals surface area contributed by atoms with Crippen molar-refractivity contribution in [1.29, 1.82) is 0 Å². The fourth-order valence-electron chi connectivity index (χ4n) is 2.55. The minimum atomic E-state index is -0.432. The van der Waals surface area contributed by atoms with Crippen molar-refractivity contribution in [3.05, 3.63) is 59.8 Å². The number of carbonyl (C=O) groups is 1. The summed E-state index contributed by atoms with van der Waals surface area (Å²) in [7, 11) is 3.13. The lowest BCUT2D eigenvalue weighted by molar-refractivity contribution is 0.0950. The highest BCUT2D eigenvalue weighted by Gasteiger charge is 2.15. The Morgan fingerprint density at radius 1 is 1.11 bits per heavy atom. The Balaban J connectivity index is 1.77. The molecule has 0 radical (unpaired) electrons. The fourth-order valence-corrected chi connectivity index (χ4v) is 2.55. The van der Waals surface area contributed by atoms with E-state index in [0.29, 0.717) is 28.5 Å². The Kier molecular flexibility index (Phi) is 5.59. The van der Waals surface area contributed by atoms with Gasteiger partial charge in [-0.25, -0.2) is 5.43 Å². The van der Waals surface area contributed by atoms with Crippen LogP contribution in [0.25, 0.3) is 11.3 Å². The maximum atomic E-state index is 12.4. The molecule has 0 fully saturated rings. The molecule has 0 saturated heterocycles.